The number of fused-ring (bicyclic) bond motifs is 1. The van der Waals surface area contributed by atoms with Crippen LogP contribution in [-0.4, -0.2) is 17.5 Å². The molecule has 130 valence electrons. The minimum absolute atomic E-state index is 0.0195. The second-order valence-electron chi connectivity index (χ2n) is 7.84. The van der Waals surface area contributed by atoms with Gasteiger partial charge in [-0.15, -0.1) is 0 Å². The van der Waals surface area contributed by atoms with Crippen molar-refractivity contribution in [2.45, 2.75) is 65.1 Å². The van der Waals surface area contributed by atoms with Crippen molar-refractivity contribution in [2.24, 2.45) is 5.41 Å². The third-order valence-electron chi connectivity index (χ3n) is 5.44. The Bertz CT molecular complexity index is 630. The maximum atomic E-state index is 10.2. The first-order valence-electron chi connectivity index (χ1n) is 8.79. The average molecular weight is 326 g/mol. The summed E-state index contributed by atoms with van der Waals surface area (Å²) < 4.78 is 6.24. The summed E-state index contributed by atoms with van der Waals surface area (Å²) in [6.45, 7) is 11.0. The molecule has 2 aliphatic rings. The summed E-state index contributed by atoms with van der Waals surface area (Å²) in [5.41, 5.74) is 2.41. The maximum absolute atomic E-state index is 10.2. The minimum Gasteiger partial charge on any atom is -0.358 e. The number of hydrogen-bond donors (Lipinski definition) is 0. The Kier molecular flexibility index (Phi) is 5.49. The van der Waals surface area contributed by atoms with Gasteiger partial charge in [-0.25, -0.2) is 0 Å². The fourth-order valence-electron chi connectivity index (χ4n) is 3.87. The van der Waals surface area contributed by atoms with Crippen molar-refractivity contribution in [1.82, 2.24) is 0 Å². The van der Waals surface area contributed by atoms with E-state index in [4.69, 9.17) is 4.74 Å². The zero-order valence-electron chi connectivity index (χ0n) is 15.6. The van der Waals surface area contributed by atoms with Crippen LogP contribution < -0.4 is 0 Å². The fraction of sp³-hybridized carbons (Fsp3) is 0.500. The van der Waals surface area contributed by atoms with Gasteiger partial charge in [0.15, 0.2) is 0 Å². The smallest absolute Gasteiger partial charge is 0.142 e. The van der Waals surface area contributed by atoms with Crippen LogP contribution >= 0.6 is 0 Å². The van der Waals surface area contributed by atoms with Crippen molar-refractivity contribution in [1.29, 1.82) is 0 Å². The number of allylic oxidation sites excluding steroid dienone is 9. The Balaban J connectivity index is 2.03. The molecule has 1 saturated carbocycles. The Morgan fingerprint density at radius 2 is 1.58 bits per heavy atom. The van der Waals surface area contributed by atoms with Crippen LogP contribution in [0, 0.1) is 5.41 Å². The van der Waals surface area contributed by atoms with Crippen molar-refractivity contribution in [2.75, 3.05) is 0 Å². The number of carbonyl (C=O) groups excluding carboxylic acids is 1. The van der Waals surface area contributed by atoms with E-state index < -0.39 is 0 Å². The molecule has 1 aliphatic carbocycles. The van der Waals surface area contributed by atoms with E-state index in [1.807, 2.05) is 25.2 Å². The highest BCUT2D eigenvalue weighted by Gasteiger charge is 2.73. The van der Waals surface area contributed by atoms with Crippen LogP contribution in [-0.2, 0) is 9.53 Å². The molecule has 0 aromatic heterocycles. The van der Waals surface area contributed by atoms with E-state index in [0.717, 1.165) is 18.3 Å². The molecule has 1 saturated heterocycles. The van der Waals surface area contributed by atoms with Gasteiger partial charge in [-0.2, -0.15) is 0 Å². The van der Waals surface area contributed by atoms with Gasteiger partial charge >= 0.3 is 0 Å². The van der Waals surface area contributed by atoms with Crippen LogP contribution in [0.4, 0.5) is 0 Å². The largest absolute Gasteiger partial charge is 0.358 e. The van der Waals surface area contributed by atoms with Gasteiger partial charge in [0.2, 0.25) is 0 Å². The summed E-state index contributed by atoms with van der Waals surface area (Å²) in [5, 5.41) is 0. The second kappa shape index (κ2) is 7.06. The molecule has 1 heterocycles. The molecule has 0 aromatic rings. The SMILES string of the molecule is CC(/C=C/C=C(C)/C=C/C12OC1(C)CCCC2(C)C)=C\C=C\C=O. The van der Waals surface area contributed by atoms with Crippen molar-refractivity contribution in [3.63, 3.8) is 0 Å². The van der Waals surface area contributed by atoms with Gasteiger partial charge in [0, 0.05) is 5.41 Å². The van der Waals surface area contributed by atoms with Gasteiger partial charge in [0.05, 0.1) is 5.60 Å². The molecule has 2 fully saturated rings. The summed E-state index contributed by atoms with van der Waals surface area (Å²) >= 11 is 0. The standard InChI is InChI=1S/C22H30O2/c1-18(10-6-7-17-23)11-8-12-19(2)13-16-22-20(3,4)14-9-15-21(22,5)24-22/h6-8,10-13,16-17H,9,14-15H2,1-5H3/b7-6+,11-8+,16-13+,18-10+,19-12+. The van der Waals surface area contributed by atoms with Gasteiger partial charge in [-0.1, -0.05) is 61.4 Å². The van der Waals surface area contributed by atoms with Gasteiger partial charge < -0.3 is 4.74 Å². The highest BCUT2D eigenvalue weighted by atomic mass is 16.6. The number of aldehydes is 1. The Morgan fingerprint density at radius 1 is 0.917 bits per heavy atom. The van der Waals surface area contributed by atoms with Gasteiger partial charge in [0.1, 0.15) is 11.9 Å². The molecule has 0 radical (unpaired) electrons. The monoisotopic (exact) mass is 326 g/mol. The first kappa shape index (κ1) is 18.7. The van der Waals surface area contributed by atoms with Gasteiger partial charge in [-0.05, 0) is 52.2 Å². The molecular formula is C22H30O2. The minimum atomic E-state index is -0.105. The highest BCUT2D eigenvalue weighted by Crippen LogP contribution is 2.66. The topological polar surface area (TPSA) is 29.6 Å². The molecule has 0 aromatic carbocycles. The number of rotatable bonds is 6. The zero-order valence-corrected chi connectivity index (χ0v) is 15.6. The molecule has 0 amide bonds. The molecule has 2 unspecified atom stereocenters. The Morgan fingerprint density at radius 3 is 2.25 bits per heavy atom. The summed E-state index contributed by atoms with van der Waals surface area (Å²) in [6, 6.07) is 0. The second-order valence-corrected chi connectivity index (χ2v) is 7.84. The van der Waals surface area contributed by atoms with Crippen LogP contribution in [0.15, 0.2) is 59.8 Å². The molecule has 2 atom stereocenters. The third-order valence-corrected chi connectivity index (χ3v) is 5.44. The summed E-state index contributed by atoms with van der Waals surface area (Å²) in [6.07, 6.45) is 20.2. The van der Waals surface area contributed by atoms with E-state index >= 15 is 0 Å². The highest BCUT2D eigenvalue weighted by molar-refractivity contribution is 5.65. The number of epoxide rings is 1. The van der Waals surface area contributed by atoms with E-state index in [0.29, 0.717) is 0 Å². The van der Waals surface area contributed by atoms with Crippen LogP contribution in [0.25, 0.3) is 0 Å². The van der Waals surface area contributed by atoms with Crippen molar-refractivity contribution in [3.05, 3.63) is 59.8 Å². The maximum Gasteiger partial charge on any atom is 0.142 e. The van der Waals surface area contributed by atoms with Gasteiger partial charge in [0.25, 0.3) is 0 Å². The lowest BCUT2D eigenvalue weighted by Gasteiger charge is -2.36. The quantitative estimate of drug-likeness (QED) is 0.280. The average Bonchev–Trinajstić information content (AvgIpc) is 3.13. The van der Waals surface area contributed by atoms with E-state index in [-0.39, 0.29) is 16.6 Å². The molecule has 0 bridgehead atoms. The van der Waals surface area contributed by atoms with Crippen LogP contribution in [0.1, 0.15) is 53.9 Å². The Hall–Kier alpha value is -1.67. The Labute approximate surface area is 146 Å². The van der Waals surface area contributed by atoms with Crippen LogP contribution in [0.2, 0.25) is 0 Å². The van der Waals surface area contributed by atoms with E-state index in [9.17, 15) is 4.79 Å². The number of carbonyl (C=O) groups is 1. The molecule has 2 rings (SSSR count). The van der Waals surface area contributed by atoms with Crippen LogP contribution in [0.3, 0.4) is 0 Å². The first-order chi connectivity index (χ1) is 11.3. The molecular weight excluding hydrogens is 296 g/mol. The van der Waals surface area contributed by atoms with E-state index in [1.54, 1.807) is 6.08 Å². The van der Waals surface area contributed by atoms with Crippen molar-refractivity contribution in [3.8, 4) is 0 Å². The molecule has 0 spiro atoms. The van der Waals surface area contributed by atoms with Crippen molar-refractivity contribution >= 4 is 6.29 Å². The first-order valence-corrected chi connectivity index (χ1v) is 8.79. The lowest BCUT2D eigenvalue weighted by atomic mass is 9.64. The normalized spacial score (nSPS) is 33.4. The summed E-state index contributed by atoms with van der Waals surface area (Å²) in [7, 11) is 0. The van der Waals surface area contributed by atoms with E-state index in [2.05, 4.69) is 45.9 Å². The predicted octanol–water partition coefficient (Wildman–Crippen LogP) is 5.48. The molecule has 24 heavy (non-hydrogen) atoms. The van der Waals surface area contributed by atoms with Crippen molar-refractivity contribution < 1.29 is 9.53 Å². The number of hydrogen-bond acceptors (Lipinski definition) is 2. The number of ether oxygens (including phenoxy) is 1. The summed E-state index contributed by atoms with van der Waals surface area (Å²) in [4.78, 5) is 10.2. The zero-order chi connectivity index (χ0) is 17.8. The molecule has 2 heteroatoms. The fourth-order valence-corrected chi connectivity index (χ4v) is 3.87. The molecule has 0 N–H and O–H groups in total. The lowest BCUT2D eigenvalue weighted by molar-refractivity contribution is -0.104. The van der Waals surface area contributed by atoms with Gasteiger partial charge in [-0.3, -0.25) is 4.79 Å². The van der Waals surface area contributed by atoms with Crippen LogP contribution in [0.5, 0.6) is 0 Å². The molecule has 2 nitrogen and oxygen atoms in total. The third kappa shape index (κ3) is 3.70. The van der Waals surface area contributed by atoms with E-state index in [1.165, 1.54) is 24.5 Å². The predicted molar refractivity (Wildman–Crippen MR) is 101 cm³/mol. The molecule has 1 aliphatic heterocycles. The summed E-state index contributed by atoms with van der Waals surface area (Å²) in [5.74, 6) is 0. The lowest BCUT2D eigenvalue weighted by Crippen LogP contribution is -2.41.